The van der Waals surface area contributed by atoms with Gasteiger partial charge in [0, 0.05) is 5.92 Å². The van der Waals surface area contributed by atoms with E-state index >= 15 is 0 Å². The van der Waals surface area contributed by atoms with Gasteiger partial charge in [-0.25, -0.2) is 0 Å². The minimum atomic E-state index is 0.216. The molecule has 0 radical (unpaired) electrons. The molecule has 2 atom stereocenters. The van der Waals surface area contributed by atoms with E-state index in [-0.39, 0.29) is 12.7 Å². The molecule has 23 heavy (non-hydrogen) atoms. The largest absolute Gasteiger partial charge is 0.497 e. The van der Waals surface area contributed by atoms with Crippen LogP contribution < -0.4 is 14.2 Å². The zero-order valence-electron chi connectivity index (χ0n) is 12.7. The number of benzene rings is 2. The maximum absolute atomic E-state index is 9.45. The zero-order valence-corrected chi connectivity index (χ0v) is 12.7. The van der Waals surface area contributed by atoms with Crippen molar-refractivity contribution in [3.63, 3.8) is 0 Å². The molecular weight excluding hydrogens is 294 g/mol. The molecule has 5 heteroatoms. The summed E-state index contributed by atoms with van der Waals surface area (Å²) >= 11 is 0. The van der Waals surface area contributed by atoms with Gasteiger partial charge in [-0.15, -0.1) is 0 Å². The Morgan fingerprint density at radius 2 is 1.91 bits per heavy atom. The van der Waals surface area contributed by atoms with E-state index in [1.807, 2.05) is 36.4 Å². The van der Waals surface area contributed by atoms with Crippen LogP contribution in [0.4, 0.5) is 0 Å². The normalized spacial score (nSPS) is 22.0. The molecule has 1 fully saturated rings. The Labute approximate surface area is 134 Å². The van der Waals surface area contributed by atoms with Crippen LogP contribution in [0.1, 0.15) is 23.5 Å². The van der Waals surface area contributed by atoms with E-state index in [2.05, 4.69) is 11.2 Å². The minimum absolute atomic E-state index is 0.216. The van der Waals surface area contributed by atoms with E-state index in [0.717, 1.165) is 34.9 Å². The second-order valence-corrected chi connectivity index (χ2v) is 5.78. The van der Waals surface area contributed by atoms with Gasteiger partial charge in [0.05, 0.1) is 12.8 Å². The maximum atomic E-state index is 9.45. The van der Waals surface area contributed by atoms with Gasteiger partial charge < -0.3 is 19.4 Å². The van der Waals surface area contributed by atoms with Crippen LogP contribution in [0.25, 0.3) is 0 Å². The molecule has 0 bridgehead atoms. The Balaban J connectivity index is 1.54. The smallest absolute Gasteiger partial charge is 0.231 e. The average molecular weight is 311 g/mol. The van der Waals surface area contributed by atoms with Crippen LogP contribution in [0.3, 0.4) is 0 Å². The summed E-state index contributed by atoms with van der Waals surface area (Å²) in [5.41, 5.74) is 2.82. The molecule has 2 aliphatic rings. The monoisotopic (exact) mass is 311 g/mol. The minimum Gasteiger partial charge on any atom is -0.497 e. The van der Waals surface area contributed by atoms with Gasteiger partial charge in [0.25, 0.3) is 0 Å². The summed E-state index contributed by atoms with van der Waals surface area (Å²) in [6, 6.07) is 13.6. The molecule has 1 aliphatic carbocycles. The van der Waals surface area contributed by atoms with Crippen LogP contribution in [-0.2, 0) is 0 Å². The number of ether oxygens (including phenoxy) is 3. The van der Waals surface area contributed by atoms with Gasteiger partial charge in [0.15, 0.2) is 11.5 Å². The molecule has 2 aromatic carbocycles. The van der Waals surface area contributed by atoms with Gasteiger partial charge in [-0.1, -0.05) is 11.2 Å². The van der Waals surface area contributed by atoms with E-state index in [4.69, 9.17) is 14.2 Å². The molecule has 0 aromatic heterocycles. The van der Waals surface area contributed by atoms with Crippen molar-refractivity contribution in [1.29, 1.82) is 0 Å². The first-order valence-corrected chi connectivity index (χ1v) is 7.56. The van der Waals surface area contributed by atoms with Crippen LogP contribution in [0.15, 0.2) is 47.6 Å². The first-order valence-electron chi connectivity index (χ1n) is 7.56. The van der Waals surface area contributed by atoms with Crippen molar-refractivity contribution >= 4 is 5.71 Å². The van der Waals surface area contributed by atoms with E-state index in [0.29, 0.717) is 5.92 Å². The fourth-order valence-corrected chi connectivity index (χ4v) is 3.12. The molecule has 0 amide bonds. The summed E-state index contributed by atoms with van der Waals surface area (Å²) in [6.07, 6.45) is 0.963. The molecule has 2 aromatic rings. The number of oxime groups is 1. The van der Waals surface area contributed by atoms with Gasteiger partial charge >= 0.3 is 0 Å². The second-order valence-electron chi connectivity index (χ2n) is 5.78. The highest BCUT2D eigenvalue weighted by molar-refractivity contribution is 6.04. The van der Waals surface area contributed by atoms with Crippen LogP contribution in [0.5, 0.6) is 17.2 Å². The first-order chi connectivity index (χ1) is 11.3. The Morgan fingerprint density at radius 1 is 1.13 bits per heavy atom. The average Bonchev–Trinajstić information content (AvgIpc) is 3.23. The fourth-order valence-electron chi connectivity index (χ4n) is 3.12. The molecule has 1 heterocycles. The highest BCUT2D eigenvalue weighted by Gasteiger charge is 2.43. The van der Waals surface area contributed by atoms with Crippen molar-refractivity contribution in [2.45, 2.75) is 12.3 Å². The Morgan fingerprint density at radius 3 is 2.65 bits per heavy atom. The third kappa shape index (κ3) is 2.48. The zero-order chi connectivity index (χ0) is 15.8. The first kappa shape index (κ1) is 13.9. The molecule has 4 rings (SSSR count). The number of fused-ring (bicyclic) bond motifs is 1. The summed E-state index contributed by atoms with van der Waals surface area (Å²) < 4.78 is 15.9. The predicted molar refractivity (Wildman–Crippen MR) is 84.7 cm³/mol. The van der Waals surface area contributed by atoms with Crippen molar-refractivity contribution in [1.82, 2.24) is 0 Å². The van der Waals surface area contributed by atoms with Crippen molar-refractivity contribution in [2.24, 2.45) is 11.1 Å². The molecule has 0 spiro atoms. The molecule has 2 unspecified atom stereocenters. The summed E-state index contributed by atoms with van der Waals surface area (Å²) in [5.74, 6) is 2.93. The van der Waals surface area contributed by atoms with Crippen molar-refractivity contribution in [3.05, 3.63) is 53.6 Å². The molecule has 1 aliphatic heterocycles. The predicted octanol–water partition coefficient (Wildman–Crippen LogP) is 3.41. The van der Waals surface area contributed by atoms with Crippen LogP contribution in [-0.4, -0.2) is 24.8 Å². The Bertz CT molecular complexity index is 754. The number of hydrogen-bond donors (Lipinski definition) is 1. The number of methoxy groups -OCH3 is 1. The third-order valence-electron chi connectivity index (χ3n) is 4.46. The number of rotatable bonds is 4. The lowest BCUT2D eigenvalue weighted by Crippen LogP contribution is -2.05. The summed E-state index contributed by atoms with van der Waals surface area (Å²) in [6.45, 7) is 0.280. The van der Waals surface area contributed by atoms with Gasteiger partial charge in [0.2, 0.25) is 6.79 Å². The number of hydrogen-bond acceptors (Lipinski definition) is 5. The topological polar surface area (TPSA) is 60.3 Å². The Kier molecular flexibility index (Phi) is 3.33. The van der Waals surface area contributed by atoms with Crippen LogP contribution >= 0.6 is 0 Å². The highest BCUT2D eigenvalue weighted by atomic mass is 16.7. The highest BCUT2D eigenvalue weighted by Crippen LogP contribution is 2.51. The van der Waals surface area contributed by atoms with E-state index in [1.165, 1.54) is 5.56 Å². The van der Waals surface area contributed by atoms with Crippen molar-refractivity contribution < 1.29 is 19.4 Å². The summed E-state index contributed by atoms with van der Waals surface area (Å²) in [5, 5.41) is 13.0. The van der Waals surface area contributed by atoms with E-state index in [1.54, 1.807) is 7.11 Å². The van der Waals surface area contributed by atoms with Crippen LogP contribution in [0, 0.1) is 5.92 Å². The lowest BCUT2D eigenvalue weighted by molar-refractivity contribution is 0.174. The SMILES string of the molecule is COc1ccc(C(=NO)C2CC2c2ccc3c(c2)OCO3)cc1. The maximum Gasteiger partial charge on any atom is 0.231 e. The second kappa shape index (κ2) is 5.50. The van der Waals surface area contributed by atoms with Crippen LogP contribution in [0.2, 0.25) is 0 Å². The number of nitrogens with zero attached hydrogens (tertiary/aromatic N) is 1. The summed E-state index contributed by atoms with van der Waals surface area (Å²) in [4.78, 5) is 0. The van der Waals surface area contributed by atoms with Crippen molar-refractivity contribution in [3.8, 4) is 17.2 Å². The molecule has 118 valence electrons. The molecular formula is C18H17NO4. The van der Waals surface area contributed by atoms with Gasteiger partial charge in [-0.3, -0.25) is 0 Å². The molecule has 1 saturated carbocycles. The fraction of sp³-hybridized carbons (Fsp3) is 0.278. The lowest BCUT2D eigenvalue weighted by atomic mass is 10.0. The van der Waals surface area contributed by atoms with Gasteiger partial charge in [0.1, 0.15) is 5.75 Å². The molecule has 1 N–H and O–H groups in total. The quantitative estimate of drug-likeness (QED) is 0.534. The lowest BCUT2D eigenvalue weighted by Gasteiger charge is -2.06. The third-order valence-corrected chi connectivity index (χ3v) is 4.46. The Hall–Kier alpha value is -2.69. The summed E-state index contributed by atoms with van der Waals surface area (Å²) in [7, 11) is 1.63. The van der Waals surface area contributed by atoms with Crippen molar-refractivity contribution in [2.75, 3.05) is 13.9 Å². The molecule has 0 saturated heterocycles. The van der Waals surface area contributed by atoms with E-state index in [9.17, 15) is 5.21 Å². The molecule has 5 nitrogen and oxygen atoms in total. The van der Waals surface area contributed by atoms with E-state index < -0.39 is 0 Å². The standard InChI is InChI=1S/C18H17NO4/c1-21-13-5-2-11(3-6-13)18(19-20)15-9-14(15)12-4-7-16-17(8-12)23-10-22-16/h2-8,14-15,20H,9-10H2,1H3. The van der Waals surface area contributed by atoms with Gasteiger partial charge in [-0.2, -0.15) is 0 Å². The van der Waals surface area contributed by atoms with Gasteiger partial charge in [-0.05, 0) is 59.9 Å².